The van der Waals surface area contributed by atoms with Gasteiger partial charge in [-0.1, -0.05) is 37.3 Å². The number of likely N-dealkylation sites (tertiary alicyclic amines) is 1. The lowest BCUT2D eigenvalue weighted by Crippen LogP contribution is -2.53. The molecule has 1 fully saturated rings. The Labute approximate surface area is 190 Å². The normalized spacial score (nSPS) is 19.1. The van der Waals surface area contributed by atoms with Crippen LogP contribution in [0.25, 0.3) is 0 Å². The van der Waals surface area contributed by atoms with Crippen LogP contribution < -0.4 is 5.32 Å². The first kappa shape index (κ1) is 25.6. The molecule has 0 saturated carbocycles. The molecule has 0 aromatic heterocycles. The molecule has 1 heterocycles. The molecule has 1 aromatic rings. The highest BCUT2D eigenvalue weighted by Crippen LogP contribution is 2.28. The van der Waals surface area contributed by atoms with E-state index in [-0.39, 0.29) is 11.9 Å². The number of hydrogen-bond donors (Lipinski definition) is 1. The molecule has 1 N–H and O–H groups in total. The first-order chi connectivity index (χ1) is 15.1. The average molecular weight is 449 g/mol. The summed E-state index contributed by atoms with van der Waals surface area (Å²) in [6.45, 7) is 7.75. The Morgan fingerprint density at radius 3 is 2.38 bits per heavy atom. The third-order valence-electron chi connectivity index (χ3n) is 5.57. The number of methoxy groups -OCH3 is 2. The van der Waals surface area contributed by atoms with Crippen molar-refractivity contribution < 1.29 is 28.6 Å². The van der Waals surface area contributed by atoms with Gasteiger partial charge in [-0.2, -0.15) is 0 Å². The molecule has 8 heteroatoms. The average Bonchev–Trinajstić information content (AvgIpc) is 3.22. The molecule has 0 bridgehead atoms. The SMILES string of the molecule is COC(=O)C(Cc1ccccc1)NC(=O)C(C)C(OC)C1CCCN1C(=O)OC(C)(C)C. The molecule has 178 valence electrons. The number of rotatable bonds is 8. The van der Waals surface area contributed by atoms with Crippen LogP contribution in [-0.2, 0) is 30.2 Å². The van der Waals surface area contributed by atoms with Crippen molar-refractivity contribution in [2.45, 2.75) is 70.7 Å². The molecule has 0 spiro atoms. The molecule has 1 aromatic carbocycles. The Kier molecular flexibility index (Phi) is 9.07. The first-order valence-electron chi connectivity index (χ1n) is 11.0. The van der Waals surface area contributed by atoms with Crippen LogP contribution in [0.5, 0.6) is 0 Å². The number of nitrogens with zero attached hydrogens (tertiary/aromatic N) is 1. The number of carbonyl (C=O) groups excluding carboxylic acids is 3. The maximum absolute atomic E-state index is 13.1. The van der Waals surface area contributed by atoms with Crippen molar-refractivity contribution in [2.75, 3.05) is 20.8 Å². The summed E-state index contributed by atoms with van der Waals surface area (Å²) in [7, 11) is 2.83. The molecule has 0 radical (unpaired) electrons. The maximum atomic E-state index is 13.1. The molecular weight excluding hydrogens is 412 g/mol. The topological polar surface area (TPSA) is 94.2 Å². The monoisotopic (exact) mass is 448 g/mol. The van der Waals surface area contributed by atoms with E-state index < -0.39 is 35.7 Å². The lowest BCUT2D eigenvalue weighted by atomic mass is 9.94. The fourth-order valence-electron chi connectivity index (χ4n) is 4.01. The highest BCUT2D eigenvalue weighted by Gasteiger charge is 2.41. The Hall–Kier alpha value is -2.61. The molecule has 2 amide bonds. The number of benzene rings is 1. The quantitative estimate of drug-likeness (QED) is 0.615. The second-order valence-corrected chi connectivity index (χ2v) is 9.15. The van der Waals surface area contributed by atoms with Crippen LogP contribution in [0.15, 0.2) is 30.3 Å². The van der Waals surface area contributed by atoms with Crippen molar-refractivity contribution in [1.29, 1.82) is 0 Å². The van der Waals surface area contributed by atoms with Gasteiger partial charge in [0.1, 0.15) is 11.6 Å². The maximum Gasteiger partial charge on any atom is 0.410 e. The zero-order valence-electron chi connectivity index (χ0n) is 19.9. The molecule has 1 saturated heterocycles. The lowest BCUT2D eigenvalue weighted by Gasteiger charge is -2.35. The van der Waals surface area contributed by atoms with Crippen molar-refractivity contribution >= 4 is 18.0 Å². The van der Waals surface area contributed by atoms with E-state index in [1.54, 1.807) is 11.8 Å². The predicted octanol–water partition coefficient (Wildman–Crippen LogP) is 2.94. The van der Waals surface area contributed by atoms with Gasteiger partial charge >= 0.3 is 12.1 Å². The van der Waals surface area contributed by atoms with E-state index in [1.165, 1.54) is 14.2 Å². The second-order valence-electron chi connectivity index (χ2n) is 9.15. The molecule has 4 unspecified atom stereocenters. The van der Waals surface area contributed by atoms with Crippen LogP contribution in [0.1, 0.15) is 46.1 Å². The summed E-state index contributed by atoms with van der Waals surface area (Å²) in [6.07, 6.45) is 0.875. The highest BCUT2D eigenvalue weighted by molar-refractivity contribution is 5.86. The number of amides is 2. The van der Waals surface area contributed by atoms with E-state index in [1.807, 2.05) is 51.1 Å². The van der Waals surface area contributed by atoms with Gasteiger partial charge in [0, 0.05) is 20.1 Å². The smallest absolute Gasteiger partial charge is 0.410 e. The lowest BCUT2D eigenvalue weighted by molar-refractivity contribution is -0.146. The number of ether oxygens (including phenoxy) is 3. The molecule has 4 atom stereocenters. The number of esters is 1. The van der Waals surface area contributed by atoms with Gasteiger partial charge < -0.3 is 24.4 Å². The molecule has 2 rings (SSSR count). The summed E-state index contributed by atoms with van der Waals surface area (Å²) in [5.74, 6) is -1.45. The molecule has 0 aliphatic carbocycles. The largest absolute Gasteiger partial charge is 0.467 e. The fourth-order valence-corrected chi connectivity index (χ4v) is 4.01. The summed E-state index contributed by atoms with van der Waals surface area (Å²) < 4.78 is 16.1. The molecule has 32 heavy (non-hydrogen) atoms. The van der Waals surface area contributed by atoms with E-state index in [2.05, 4.69) is 5.32 Å². The summed E-state index contributed by atoms with van der Waals surface area (Å²) >= 11 is 0. The summed E-state index contributed by atoms with van der Waals surface area (Å²) in [6, 6.07) is 8.31. The van der Waals surface area contributed by atoms with Gasteiger partial charge in [0.05, 0.1) is 25.2 Å². The summed E-state index contributed by atoms with van der Waals surface area (Å²) in [5.41, 5.74) is 0.298. The van der Waals surface area contributed by atoms with Gasteiger partial charge in [0.25, 0.3) is 0 Å². The Bertz CT molecular complexity index is 776. The van der Waals surface area contributed by atoms with Crippen LogP contribution in [0, 0.1) is 5.92 Å². The third-order valence-corrected chi connectivity index (χ3v) is 5.57. The zero-order valence-corrected chi connectivity index (χ0v) is 19.9. The highest BCUT2D eigenvalue weighted by atomic mass is 16.6. The number of carbonyl (C=O) groups is 3. The van der Waals surface area contributed by atoms with E-state index in [0.29, 0.717) is 19.4 Å². The van der Waals surface area contributed by atoms with Crippen LogP contribution in [-0.4, -0.2) is 67.4 Å². The third kappa shape index (κ3) is 6.95. The zero-order chi connectivity index (χ0) is 23.9. The van der Waals surface area contributed by atoms with Gasteiger partial charge in [-0.25, -0.2) is 9.59 Å². The van der Waals surface area contributed by atoms with Gasteiger partial charge in [0.2, 0.25) is 5.91 Å². The van der Waals surface area contributed by atoms with Gasteiger partial charge in [-0.05, 0) is 39.2 Å². The minimum atomic E-state index is -0.819. The van der Waals surface area contributed by atoms with Gasteiger partial charge in [0.15, 0.2) is 0 Å². The van der Waals surface area contributed by atoms with E-state index in [4.69, 9.17) is 14.2 Å². The Morgan fingerprint density at radius 1 is 1.16 bits per heavy atom. The minimum Gasteiger partial charge on any atom is -0.467 e. The van der Waals surface area contributed by atoms with Crippen molar-refractivity contribution in [1.82, 2.24) is 10.2 Å². The van der Waals surface area contributed by atoms with Crippen molar-refractivity contribution in [3.63, 3.8) is 0 Å². The minimum absolute atomic E-state index is 0.290. The molecule has 8 nitrogen and oxygen atoms in total. The Morgan fingerprint density at radius 2 is 1.81 bits per heavy atom. The summed E-state index contributed by atoms with van der Waals surface area (Å²) in [4.78, 5) is 39.7. The van der Waals surface area contributed by atoms with E-state index in [0.717, 1.165) is 12.0 Å². The van der Waals surface area contributed by atoms with Crippen molar-refractivity contribution in [2.24, 2.45) is 5.92 Å². The number of nitrogens with one attached hydrogen (secondary N) is 1. The van der Waals surface area contributed by atoms with E-state index >= 15 is 0 Å². The second kappa shape index (κ2) is 11.3. The summed E-state index contributed by atoms with van der Waals surface area (Å²) in [5, 5.41) is 2.81. The molecule has 1 aliphatic heterocycles. The molecule has 1 aliphatic rings. The van der Waals surface area contributed by atoms with Crippen LogP contribution in [0.3, 0.4) is 0 Å². The van der Waals surface area contributed by atoms with Gasteiger partial charge in [-0.3, -0.25) is 4.79 Å². The molecular formula is C24H36N2O6. The Balaban J connectivity index is 2.11. The number of hydrogen-bond acceptors (Lipinski definition) is 6. The van der Waals surface area contributed by atoms with Crippen LogP contribution in [0.4, 0.5) is 4.79 Å². The van der Waals surface area contributed by atoms with E-state index in [9.17, 15) is 14.4 Å². The standard InChI is InChI=1S/C24H36N2O6/c1-16(20(30-5)19-13-10-14-26(19)23(29)32-24(2,3)4)21(27)25-18(22(28)31-6)15-17-11-8-7-9-12-17/h7-9,11-12,16,18-20H,10,13-15H2,1-6H3,(H,25,27). The first-order valence-corrected chi connectivity index (χ1v) is 11.0. The van der Waals surface area contributed by atoms with Crippen LogP contribution >= 0.6 is 0 Å². The van der Waals surface area contributed by atoms with Crippen molar-refractivity contribution in [3.8, 4) is 0 Å². The fraction of sp³-hybridized carbons (Fsp3) is 0.625. The van der Waals surface area contributed by atoms with Crippen LogP contribution in [0.2, 0.25) is 0 Å². The predicted molar refractivity (Wildman–Crippen MR) is 120 cm³/mol. The van der Waals surface area contributed by atoms with Crippen molar-refractivity contribution in [3.05, 3.63) is 35.9 Å². The van der Waals surface area contributed by atoms with Gasteiger partial charge in [-0.15, -0.1) is 0 Å².